The van der Waals surface area contributed by atoms with Crippen LogP contribution in [0.5, 0.6) is 0 Å². The van der Waals surface area contributed by atoms with Crippen LogP contribution in [-0.2, 0) is 0 Å². The number of benzene rings is 5. The smallest absolute Gasteiger partial charge is 0.0207 e. The van der Waals surface area contributed by atoms with Gasteiger partial charge in [-0.05, 0) is 69.1 Å². The minimum absolute atomic E-state index is 1.10. The molecule has 6 rings (SSSR count). The van der Waals surface area contributed by atoms with Crippen LogP contribution in [-0.4, -0.2) is 0 Å². The topological polar surface area (TPSA) is 0 Å². The predicted octanol–water partition coefficient (Wildman–Crippen LogP) is 9.07. The summed E-state index contributed by atoms with van der Waals surface area (Å²) in [7, 11) is 0. The Hall–Kier alpha value is -2.81. The van der Waals surface area contributed by atoms with Gasteiger partial charge in [-0.2, -0.15) is 0 Å². The van der Waals surface area contributed by atoms with Gasteiger partial charge in [0, 0.05) is 19.6 Å². The summed E-state index contributed by atoms with van der Waals surface area (Å²) in [6, 6.07) is 37.4. The Morgan fingerprint density at radius 2 is 1.17 bits per heavy atom. The van der Waals surface area contributed by atoms with Crippen LogP contribution in [0.2, 0.25) is 0 Å². The second-order valence-electron chi connectivity index (χ2n) is 7.56. The van der Waals surface area contributed by atoms with Crippen molar-refractivity contribution in [1.29, 1.82) is 0 Å². The second-order valence-corrected chi connectivity index (χ2v) is 9.56. The van der Waals surface area contributed by atoms with Crippen LogP contribution in [0, 0.1) is 0 Å². The maximum atomic E-state index is 3.59. The molecule has 142 valence electrons. The van der Waals surface area contributed by atoms with Crippen LogP contribution < -0.4 is 0 Å². The average Bonchev–Trinajstić information content (AvgIpc) is 2.79. The summed E-state index contributed by atoms with van der Waals surface area (Å²) in [5, 5.41) is 2.69. The van der Waals surface area contributed by atoms with Gasteiger partial charge in [0.1, 0.15) is 0 Å². The highest BCUT2D eigenvalue weighted by molar-refractivity contribution is 9.10. The van der Waals surface area contributed by atoms with E-state index >= 15 is 0 Å². The first kappa shape index (κ1) is 18.0. The molecule has 0 aliphatic carbocycles. The maximum absolute atomic E-state index is 3.59. The molecule has 5 aromatic carbocycles. The molecule has 1 aliphatic heterocycles. The zero-order valence-electron chi connectivity index (χ0n) is 16.1. The summed E-state index contributed by atoms with van der Waals surface area (Å²) in [5.41, 5.74) is 7.62. The fourth-order valence-corrected chi connectivity index (χ4v) is 5.88. The van der Waals surface area contributed by atoms with E-state index < -0.39 is 0 Å². The van der Waals surface area contributed by atoms with Gasteiger partial charge in [-0.1, -0.05) is 100 Å². The van der Waals surface area contributed by atoms with E-state index in [0.717, 1.165) is 4.47 Å². The summed E-state index contributed by atoms with van der Waals surface area (Å²) in [5.74, 6) is 0. The van der Waals surface area contributed by atoms with Gasteiger partial charge < -0.3 is 0 Å². The Kier molecular flexibility index (Phi) is 4.29. The fraction of sp³-hybridized carbons (Fsp3) is 0. The van der Waals surface area contributed by atoms with Crippen LogP contribution >= 0.6 is 27.7 Å². The van der Waals surface area contributed by atoms with E-state index in [9.17, 15) is 0 Å². The van der Waals surface area contributed by atoms with Crippen LogP contribution in [0.15, 0.2) is 117 Å². The van der Waals surface area contributed by atoms with Gasteiger partial charge in [0.25, 0.3) is 0 Å². The highest BCUT2D eigenvalue weighted by Crippen LogP contribution is 2.48. The third-order valence-corrected chi connectivity index (χ3v) is 7.32. The summed E-state index contributed by atoms with van der Waals surface area (Å²) < 4.78 is 1.10. The molecule has 1 aliphatic rings. The molecule has 0 radical (unpaired) electrons. The Balaban J connectivity index is 1.46. The largest absolute Gasteiger partial charge is 0.0888 e. The number of hydrogen-bond donors (Lipinski definition) is 0. The molecule has 0 bridgehead atoms. The minimum Gasteiger partial charge on any atom is -0.0888 e. The number of rotatable bonds is 2. The lowest BCUT2D eigenvalue weighted by Gasteiger charge is -2.21. The molecule has 30 heavy (non-hydrogen) atoms. The average molecular weight is 465 g/mol. The first-order chi connectivity index (χ1) is 14.8. The summed E-state index contributed by atoms with van der Waals surface area (Å²) in [4.78, 5) is 2.67. The van der Waals surface area contributed by atoms with E-state index in [2.05, 4.69) is 119 Å². The third kappa shape index (κ3) is 2.99. The molecule has 0 aromatic heterocycles. The highest BCUT2D eigenvalue weighted by atomic mass is 79.9. The van der Waals surface area contributed by atoms with E-state index in [1.807, 2.05) is 11.8 Å². The summed E-state index contributed by atoms with van der Waals surface area (Å²) >= 11 is 5.47. The first-order valence-electron chi connectivity index (χ1n) is 9.97. The SMILES string of the molecule is Brc1cccc(-c2cccc(-c3ccc4c(c3)Sc3cccc5cccc-4c35)c2)c1. The molecule has 0 fully saturated rings. The summed E-state index contributed by atoms with van der Waals surface area (Å²) in [6.07, 6.45) is 0. The quantitative estimate of drug-likeness (QED) is 0.246. The molecular formula is C28H17BrS. The van der Waals surface area contributed by atoms with Crippen molar-refractivity contribution >= 4 is 38.5 Å². The van der Waals surface area contributed by atoms with E-state index in [0.29, 0.717) is 0 Å². The van der Waals surface area contributed by atoms with Gasteiger partial charge in [-0.3, -0.25) is 0 Å². The van der Waals surface area contributed by atoms with Crippen molar-refractivity contribution in [2.24, 2.45) is 0 Å². The Morgan fingerprint density at radius 1 is 0.500 bits per heavy atom. The van der Waals surface area contributed by atoms with Gasteiger partial charge in [0.05, 0.1) is 0 Å². The number of hydrogen-bond acceptors (Lipinski definition) is 1. The van der Waals surface area contributed by atoms with Gasteiger partial charge in [0.2, 0.25) is 0 Å². The molecule has 5 aromatic rings. The van der Waals surface area contributed by atoms with Crippen molar-refractivity contribution in [3.63, 3.8) is 0 Å². The lowest BCUT2D eigenvalue weighted by Crippen LogP contribution is -1.93. The van der Waals surface area contributed by atoms with Gasteiger partial charge in [-0.15, -0.1) is 0 Å². The predicted molar refractivity (Wildman–Crippen MR) is 132 cm³/mol. The lowest BCUT2D eigenvalue weighted by molar-refractivity contribution is 1.39. The van der Waals surface area contributed by atoms with E-state index in [1.165, 1.54) is 53.9 Å². The van der Waals surface area contributed by atoms with Crippen LogP contribution in [0.3, 0.4) is 0 Å². The van der Waals surface area contributed by atoms with Crippen molar-refractivity contribution in [2.45, 2.75) is 9.79 Å². The molecule has 0 amide bonds. The molecule has 0 unspecified atom stereocenters. The minimum atomic E-state index is 1.10. The molecular weight excluding hydrogens is 448 g/mol. The Labute approximate surface area is 188 Å². The van der Waals surface area contributed by atoms with Gasteiger partial charge in [-0.25, -0.2) is 0 Å². The fourth-order valence-electron chi connectivity index (χ4n) is 4.29. The van der Waals surface area contributed by atoms with Crippen molar-refractivity contribution in [3.05, 3.63) is 108 Å². The normalized spacial score (nSPS) is 12.0. The standard InChI is InChI=1S/C28H17BrS/c29-23-10-2-9-21(16-23)19-7-1-8-20(15-19)22-13-14-24-25-11-3-5-18-6-4-12-26(28(18)25)30-27(24)17-22/h1-17H. The molecule has 0 atom stereocenters. The molecule has 2 heteroatoms. The zero-order chi connectivity index (χ0) is 20.1. The Morgan fingerprint density at radius 3 is 1.97 bits per heavy atom. The van der Waals surface area contributed by atoms with E-state index in [-0.39, 0.29) is 0 Å². The Bertz CT molecular complexity index is 1430. The van der Waals surface area contributed by atoms with Crippen LogP contribution in [0.25, 0.3) is 44.2 Å². The van der Waals surface area contributed by atoms with Crippen LogP contribution in [0.4, 0.5) is 0 Å². The molecule has 0 saturated carbocycles. The number of fused-ring (bicyclic) bond motifs is 2. The molecule has 0 nitrogen and oxygen atoms in total. The van der Waals surface area contributed by atoms with E-state index in [4.69, 9.17) is 0 Å². The summed E-state index contributed by atoms with van der Waals surface area (Å²) in [6.45, 7) is 0. The van der Waals surface area contributed by atoms with Crippen molar-refractivity contribution < 1.29 is 0 Å². The van der Waals surface area contributed by atoms with Crippen molar-refractivity contribution in [3.8, 4) is 33.4 Å². The molecule has 0 N–H and O–H groups in total. The highest BCUT2D eigenvalue weighted by Gasteiger charge is 2.19. The molecule has 1 heterocycles. The first-order valence-corrected chi connectivity index (χ1v) is 11.6. The molecule has 0 spiro atoms. The van der Waals surface area contributed by atoms with Gasteiger partial charge in [0.15, 0.2) is 0 Å². The second kappa shape index (κ2) is 7.16. The third-order valence-electron chi connectivity index (χ3n) is 5.71. The van der Waals surface area contributed by atoms with Crippen molar-refractivity contribution in [2.75, 3.05) is 0 Å². The maximum Gasteiger partial charge on any atom is 0.0207 e. The lowest BCUT2D eigenvalue weighted by atomic mass is 9.94. The monoisotopic (exact) mass is 464 g/mol. The zero-order valence-corrected chi connectivity index (χ0v) is 18.5. The van der Waals surface area contributed by atoms with Gasteiger partial charge >= 0.3 is 0 Å². The van der Waals surface area contributed by atoms with Crippen LogP contribution in [0.1, 0.15) is 0 Å². The molecule has 0 saturated heterocycles. The van der Waals surface area contributed by atoms with Crippen molar-refractivity contribution in [1.82, 2.24) is 0 Å². The number of halogens is 1. The van der Waals surface area contributed by atoms with E-state index in [1.54, 1.807) is 0 Å².